The number of hydrogen-bond donors (Lipinski definition) is 2. The van der Waals surface area contributed by atoms with Crippen molar-refractivity contribution < 1.29 is 31.1 Å². The summed E-state index contributed by atoms with van der Waals surface area (Å²) >= 11 is 0. The van der Waals surface area contributed by atoms with Gasteiger partial charge in [0.2, 0.25) is 5.91 Å². The van der Waals surface area contributed by atoms with Crippen LogP contribution in [0, 0.1) is 30.1 Å². The monoisotopic (exact) mass is 601 g/mol. The fourth-order valence-corrected chi connectivity index (χ4v) is 6.82. The highest BCUT2D eigenvalue weighted by Crippen LogP contribution is 2.58. The zero-order valence-corrected chi connectivity index (χ0v) is 24.0. The van der Waals surface area contributed by atoms with Gasteiger partial charge in [-0.15, -0.1) is 0 Å². The Morgan fingerprint density at radius 1 is 1.05 bits per heavy atom. The second-order valence-corrected chi connectivity index (χ2v) is 12.0. The van der Waals surface area contributed by atoms with Crippen LogP contribution in [0.4, 0.5) is 37.7 Å². The van der Waals surface area contributed by atoms with Crippen LogP contribution in [0.25, 0.3) is 0 Å². The number of allylic oxidation sites excluding steroid dienone is 5. The van der Waals surface area contributed by atoms with Crippen molar-refractivity contribution in [1.29, 1.82) is 0 Å². The smallest absolute Gasteiger partial charge is 0.404 e. The standard InChI is InChI=1S/C33H33F6N3O/c1-18-4-8-24(9-5-18)41-28-15-21-7-10-26-27(31(21,3)16-20(28)17-40)11-6-19(2)29(26)30(43)42-25-13-22(32(34,35)36)12-23(14-25)33(37,38)39/h4-5,8-9,11-15,17,19,26,29H,6-7,10,16,40H2,1-3H3,(H,42,43)/t19-,26+,29+,31+/m1/s1. The van der Waals surface area contributed by atoms with Crippen molar-refractivity contribution >= 4 is 23.0 Å². The first-order valence-corrected chi connectivity index (χ1v) is 14.2. The minimum absolute atomic E-state index is 0.0532. The summed E-state index contributed by atoms with van der Waals surface area (Å²) in [6.45, 7) is 5.99. The topological polar surface area (TPSA) is 67.5 Å². The highest BCUT2D eigenvalue weighted by atomic mass is 19.4. The van der Waals surface area contributed by atoms with Gasteiger partial charge in [-0.2, -0.15) is 26.3 Å². The lowest BCUT2D eigenvalue weighted by Crippen LogP contribution is -2.45. The SMILES string of the molecule is Cc1ccc(N=C2C=C3CC[C@H]4C(=CC[C@@H](C)[C@@H]4C(=O)Nc4cc(C(F)(F)F)cc(C(F)(F)F)c4)[C@@]3(C)CC2=CN)cc1. The van der Waals surface area contributed by atoms with Crippen molar-refractivity contribution in [3.8, 4) is 0 Å². The van der Waals surface area contributed by atoms with Gasteiger partial charge in [-0.1, -0.05) is 48.8 Å². The number of carbonyl (C=O) groups is 1. The van der Waals surface area contributed by atoms with Crippen LogP contribution in [-0.2, 0) is 17.1 Å². The number of hydrogen-bond acceptors (Lipinski definition) is 3. The molecule has 0 radical (unpaired) electrons. The van der Waals surface area contributed by atoms with Crippen LogP contribution in [0.5, 0.6) is 0 Å². The third kappa shape index (κ3) is 6.01. The molecule has 5 rings (SSSR count). The van der Waals surface area contributed by atoms with E-state index in [1.165, 1.54) is 0 Å². The molecule has 10 heteroatoms. The molecule has 3 aliphatic rings. The Hall–Kier alpha value is -3.82. The van der Waals surface area contributed by atoms with E-state index in [-0.39, 0.29) is 17.9 Å². The van der Waals surface area contributed by atoms with E-state index < -0.39 is 46.4 Å². The first kappa shape index (κ1) is 30.6. The van der Waals surface area contributed by atoms with E-state index in [1.807, 2.05) is 38.1 Å². The van der Waals surface area contributed by atoms with Gasteiger partial charge in [-0.3, -0.25) is 4.79 Å². The maximum absolute atomic E-state index is 13.7. The van der Waals surface area contributed by atoms with Crippen molar-refractivity contribution in [1.82, 2.24) is 0 Å². The largest absolute Gasteiger partial charge is 0.416 e. The van der Waals surface area contributed by atoms with E-state index in [4.69, 9.17) is 10.7 Å². The average molecular weight is 602 g/mol. The summed E-state index contributed by atoms with van der Waals surface area (Å²) in [5.41, 5.74) is 7.94. The van der Waals surface area contributed by atoms with Crippen LogP contribution in [0.2, 0.25) is 0 Å². The predicted molar refractivity (Wildman–Crippen MR) is 155 cm³/mol. The fourth-order valence-electron chi connectivity index (χ4n) is 6.82. The summed E-state index contributed by atoms with van der Waals surface area (Å²) < 4.78 is 80.5. The van der Waals surface area contributed by atoms with E-state index >= 15 is 0 Å². The molecule has 43 heavy (non-hydrogen) atoms. The molecule has 1 saturated carbocycles. The first-order chi connectivity index (χ1) is 20.1. The van der Waals surface area contributed by atoms with E-state index in [2.05, 4.69) is 24.4 Å². The maximum atomic E-state index is 13.7. The van der Waals surface area contributed by atoms with E-state index in [1.54, 1.807) is 6.20 Å². The summed E-state index contributed by atoms with van der Waals surface area (Å²) in [4.78, 5) is 18.5. The zero-order chi connectivity index (χ0) is 31.3. The fraction of sp³-hybridized carbons (Fsp3) is 0.394. The number of aryl methyl sites for hydroxylation is 1. The number of rotatable bonds is 3. The maximum Gasteiger partial charge on any atom is 0.416 e. The molecular formula is C33H33F6N3O. The highest BCUT2D eigenvalue weighted by Gasteiger charge is 2.50. The van der Waals surface area contributed by atoms with E-state index in [0.717, 1.165) is 33.7 Å². The van der Waals surface area contributed by atoms with E-state index in [0.29, 0.717) is 37.8 Å². The third-order valence-electron chi connectivity index (χ3n) is 9.05. The average Bonchev–Trinajstić information content (AvgIpc) is 2.92. The molecule has 4 atom stereocenters. The number of nitrogens with two attached hydrogens (primary N) is 1. The van der Waals surface area contributed by atoms with Gasteiger partial charge in [0.05, 0.1) is 22.5 Å². The van der Waals surface area contributed by atoms with Gasteiger partial charge >= 0.3 is 12.4 Å². The molecule has 0 aromatic heterocycles. The summed E-state index contributed by atoms with van der Waals surface area (Å²) in [6.07, 6.45) is -1.85. The summed E-state index contributed by atoms with van der Waals surface area (Å²) in [5.74, 6) is -1.61. The van der Waals surface area contributed by atoms with Crippen molar-refractivity contribution in [2.24, 2.45) is 33.9 Å². The number of amides is 1. The Morgan fingerprint density at radius 3 is 2.26 bits per heavy atom. The van der Waals surface area contributed by atoms with Crippen LogP contribution in [0.1, 0.15) is 56.2 Å². The molecule has 3 aliphatic carbocycles. The summed E-state index contributed by atoms with van der Waals surface area (Å²) in [7, 11) is 0. The molecular weight excluding hydrogens is 568 g/mol. The number of nitrogens with one attached hydrogen (secondary N) is 1. The predicted octanol–water partition coefficient (Wildman–Crippen LogP) is 8.92. The quantitative estimate of drug-likeness (QED) is 0.273. The number of anilines is 1. The van der Waals surface area contributed by atoms with Crippen LogP contribution in [0.3, 0.4) is 0 Å². The van der Waals surface area contributed by atoms with Gasteiger partial charge in [-0.25, -0.2) is 4.99 Å². The molecule has 2 aromatic rings. The Labute approximate surface area is 246 Å². The minimum atomic E-state index is -5.01. The first-order valence-electron chi connectivity index (χ1n) is 14.2. The van der Waals surface area contributed by atoms with Gasteiger partial charge in [0.15, 0.2) is 0 Å². The van der Waals surface area contributed by atoms with Gasteiger partial charge in [0.25, 0.3) is 0 Å². The minimum Gasteiger partial charge on any atom is -0.404 e. The summed E-state index contributed by atoms with van der Waals surface area (Å²) in [5, 5.41) is 2.41. The van der Waals surface area contributed by atoms with Gasteiger partial charge < -0.3 is 11.1 Å². The van der Waals surface area contributed by atoms with Crippen LogP contribution >= 0.6 is 0 Å². The van der Waals surface area contributed by atoms with Gasteiger partial charge in [0.1, 0.15) is 0 Å². The Morgan fingerprint density at radius 2 is 1.67 bits per heavy atom. The molecule has 0 unspecified atom stereocenters. The molecule has 0 bridgehead atoms. The zero-order valence-electron chi connectivity index (χ0n) is 24.0. The number of halogens is 6. The molecule has 1 fully saturated rings. The van der Waals surface area contributed by atoms with Crippen molar-refractivity contribution in [2.45, 2.75) is 58.8 Å². The number of alkyl halides is 6. The van der Waals surface area contributed by atoms with Gasteiger partial charge in [-0.05, 0) is 92.6 Å². The van der Waals surface area contributed by atoms with Crippen molar-refractivity contribution in [3.05, 3.63) is 94.2 Å². The lowest BCUT2D eigenvalue weighted by atomic mass is 9.53. The number of fused-ring (bicyclic) bond motifs is 3. The van der Waals surface area contributed by atoms with Crippen LogP contribution in [0.15, 0.2) is 82.5 Å². The molecule has 0 spiro atoms. The third-order valence-corrected chi connectivity index (χ3v) is 9.05. The second kappa shape index (κ2) is 11.0. The number of nitrogens with zero attached hydrogens (tertiary/aromatic N) is 1. The van der Waals surface area contributed by atoms with E-state index in [9.17, 15) is 31.1 Å². The second-order valence-electron chi connectivity index (χ2n) is 12.0. The summed E-state index contributed by atoms with van der Waals surface area (Å²) in [6, 6.07) is 9.01. The highest BCUT2D eigenvalue weighted by molar-refractivity contribution is 6.11. The van der Waals surface area contributed by atoms with Crippen LogP contribution < -0.4 is 11.1 Å². The number of benzene rings is 2. The number of carbonyl (C=O) groups excluding carboxylic acids is 1. The van der Waals surface area contributed by atoms with Gasteiger partial charge in [0, 0.05) is 17.0 Å². The van der Waals surface area contributed by atoms with Crippen molar-refractivity contribution in [2.75, 3.05) is 5.32 Å². The van der Waals surface area contributed by atoms with Crippen molar-refractivity contribution in [3.63, 3.8) is 0 Å². The lowest BCUT2D eigenvalue weighted by Gasteiger charge is -2.50. The molecule has 0 heterocycles. The van der Waals surface area contributed by atoms with Crippen LogP contribution in [-0.4, -0.2) is 11.6 Å². The molecule has 0 saturated heterocycles. The Kier molecular flexibility index (Phi) is 7.86. The molecule has 0 aliphatic heterocycles. The Balaban J connectivity index is 1.45. The lowest BCUT2D eigenvalue weighted by molar-refractivity contribution is -0.143. The molecule has 228 valence electrons. The Bertz CT molecular complexity index is 1520. The number of aliphatic imine (C=N–C) groups is 1. The normalized spacial score (nSPS) is 27.7. The molecule has 3 N–H and O–H groups in total. The molecule has 2 aromatic carbocycles. The molecule has 1 amide bonds. The molecule has 4 nitrogen and oxygen atoms in total.